The fourth-order valence-corrected chi connectivity index (χ4v) is 2.55. The third-order valence-electron chi connectivity index (χ3n) is 3.87. The Bertz CT molecular complexity index is 149. The highest BCUT2D eigenvalue weighted by atomic mass is 16.5. The Morgan fingerprint density at radius 1 is 0.667 bits per heavy atom. The fraction of sp³-hybridized carbons (Fsp3) is 1.00. The van der Waals surface area contributed by atoms with Crippen molar-refractivity contribution < 1.29 is 9.22 Å². The van der Waals surface area contributed by atoms with Crippen LogP contribution >= 0.6 is 0 Å². The molecule has 0 N–H and O–H groups in total. The molecule has 0 aromatic carbocycles. The lowest BCUT2D eigenvalue weighted by atomic mass is 10.1. The van der Waals surface area contributed by atoms with Gasteiger partial charge in [-0.1, -0.05) is 40.0 Å². The molecule has 2 heteroatoms. The molecule has 0 saturated carbocycles. The second-order valence-electron chi connectivity index (χ2n) is 5.49. The number of unbranched alkanes of at least 4 members (excludes halogenated alkanes) is 3. The zero-order chi connectivity index (χ0) is 13.7. The Kier molecular flexibility index (Phi) is 11.9. The van der Waals surface area contributed by atoms with E-state index in [1.807, 2.05) is 0 Å². The van der Waals surface area contributed by atoms with Gasteiger partial charge in [-0.05, 0) is 26.2 Å². The molecular weight excluding hydrogens is 222 g/mol. The molecule has 0 fully saturated rings. The lowest BCUT2D eigenvalue weighted by Crippen LogP contribution is -2.52. The zero-order valence-corrected chi connectivity index (χ0v) is 13.3. The minimum absolute atomic E-state index is 0.856. The van der Waals surface area contributed by atoms with Crippen molar-refractivity contribution >= 4 is 0 Å². The summed E-state index contributed by atoms with van der Waals surface area (Å²) in [7, 11) is 0. The maximum Gasteiger partial charge on any atom is 0.102 e. The van der Waals surface area contributed by atoms with Crippen molar-refractivity contribution in [1.82, 2.24) is 0 Å². The normalized spacial score (nSPS) is 12.0. The Morgan fingerprint density at radius 3 is 1.44 bits per heavy atom. The van der Waals surface area contributed by atoms with Gasteiger partial charge < -0.3 is 9.22 Å². The van der Waals surface area contributed by atoms with Crippen LogP contribution < -0.4 is 0 Å². The first-order valence-electron chi connectivity index (χ1n) is 8.17. The van der Waals surface area contributed by atoms with E-state index in [0.717, 1.165) is 13.2 Å². The van der Waals surface area contributed by atoms with E-state index in [1.54, 1.807) is 0 Å². The van der Waals surface area contributed by atoms with Crippen molar-refractivity contribution in [2.75, 3.05) is 39.4 Å². The first kappa shape index (κ1) is 17.9. The summed E-state index contributed by atoms with van der Waals surface area (Å²) in [5.74, 6) is 0. The molecule has 0 aliphatic heterocycles. The Labute approximate surface area is 115 Å². The molecule has 0 radical (unpaired) electrons. The zero-order valence-electron chi connectivity index (χ0n) is 13.3. The molecule has 0 saturated heterocycles. The lowest BCUT2D eigenvalue weighted by Gasteiger charge is -2.39. The van der Waals surface area contributed by atoms with Gasteiger partial charge in [0, 0.05) is 6.61 Å². The van der Waals surface area contributed by atoms with Gasteiger partial charge in [-0.3, -0.25) is 0 Å². The predicted molar refractivity (Wildman–Crippen MR) is 80.9 cm³/mol. The molecule has 0 aliphatic carbocycles. The van der Waals surface area contributed by atoms with E-state index >= 15 is 0 Å². The topological polar surface area (TPSA) is 9.23 Å². The summed E-state index contributed by atoms with van der Waals surface area (Å²) in [6.45, 7) is 16.1. The van der Waals surface area contributed by atoms with Gasteiger partial charge in [-0.15, -0.1) is 0 Å². The van der Waals surface area contributed by atoms with Crippen LogP contribution in [0.25, 0.3) is 0 Å². The molecule has 0 rings (SSSR count). The minimum Gasteiger partial charge on any atom is -0.376 e. The van der Waals surface area contributed by atoms with Crippen LogP contribution in [0.2, 0.25) is 0 Å². The molecule has 0 aliphatic rings. The number of hydrogen-bond donors (Lipinski definition) is 0. The van der Waals surface area contributed by atoms with Crippen molar-refractivity contribution in [3.8, 4) is 0 Å². The Hall–Kier alpha value is -0.0800. The molecule has 110 valence electrons. The summed E-state index contributed by atoms with van der Waals surface area (Å²) >= 11 is 0. The van der Waals surface area contributed by atoms with E-state index in [-0.39, 0.29) is 0 Å². The van der Waals surface area contributed by atoms with Gasteiger partial charge >= 0.3 is 0 Å². The average Bonchev–Trinajstić information content (AvgIpc) is 2.40. The number of ether oxygens (including phenoxy) is 1. The summed E-state index contributed by atoms with van der Waals surface area (Å²) in [5.41, 5.74) is 0. The van der Waals surface area contributed by atoms with E-state index in [1.165, 1.54) is 69.2 Å². The van der Waals surface area contributed by atoms with E-state index in [9.17, 15) is 0 Å². The molecule has 0 aromatic rings. The maximum atomic E-state index is 5.61. The van der Waals surface area contributed by atoms with Crippen molar-refractivity contribution in [3.05, 3.63) is 0 Å². The second kappa shape index (κ2) is 12.0. The van der Waals surface area contributed by atoms with Gasteiger partial charge in [0.15, 0.2) is 0 Å². The van der Waals surface area contributed by atoms with Gasteiger partial charge in [0.05, 0.1) is 26.2 Å². The summed E-state index contributed by atoms with van der Waals surface area (Å²) < 4.78 is 6.91. The molecule has 18 heavy (non-hydrogen) atoms. The van der Waals surface area contributed by atoms with Crippen LogP contribution in [-0.2, 0) is 4.74 Å². The molecule has 0 unspecified atom stereocenters. The van der Waals surface area contributed by atoms with Crippen LogP contribution in [-0.4, -0.2) is 43.9 Å². The highest BCUT2D eigenvalue weighted by molar-refractivity contribution is 4.48. The number of hydrogen-bond acceptors (Lipinski definition) is 1. The maximum absolute atomic E-state index is 5.61. The Morgan fingerprint density at radius 2 is 1.11 bits per heavy atom. The lowest BCUT2D eigenvalue weighted by molar-refractivity contribution is -0.929. The standard InChI is InChI=1S/C16H36NO/c1-5-9-12-17(13-10-6-2,14-11-7-3)15-16-18-8-4/h5-16H2,1-4H3/q+1. The van der Waals surface area contributed by atoms with E-state index in [2.05, 4.69) is 27.7 Å². The van der Waals surface area contributed by atoms with Gasteiger partial charge in [-0.25, -0.2) is 0 Å². The molecule has 0 spiro atoms. The summed E-state index contributed by atoms with van der Waals surface area (Å²) in [4.78, 5) is 0. The number of nitrogens with zero attached hydrogens (tertiary/aromatic N) is 1. The summed E-state index contributed by atoms with van der Waals surface area (Å²) in [6.07, 6.45) is 8.02. The molecule has 0 bridgehead atoms. The minimum atomic E-state index is 0.856. The van der Waals surface area contributed by atoms with E-state index < -0.39 is 0 Å². The predicted octanol–water partition coefficient (Wildman–Crippen LogP) is 4.24. The van der Waals surface area contributed by atoms with E-state index in [0.29, 0.717) is 0 Å². The largest absolute Gasteiger partial charge is 0.376 e. The van der Waals surface area contributed by atoms with Crippen molar-refractivity contribution in [2.24, 2.45) is 0 Å². The highest BCUT2D eigenvalue weighted by Crippen LogP contribution is 2.14. The van der Waals surface area contributed by atoms with Gasteiger partial charge in [0.2, 0.25) is 0 Å². The van der Waals surface area contributed by atoms with Crippen LogP contribution in [0.5, 0.6) is 0 Å². The fourth-order valence-electron chi connectivity index (χ4n) is 2.55. The highest BCUT2D eigenvalue weighted by Gasteiger charge is 2.25. The van der Waals surface area contributed by atoms with Gasteiger partial charge in [0.25, 0.3) is 0 Å². The molecular formula is C16H36NO+. The van der Waals surface area contributed by atoms with Crippen LogP contribution in [0, 0.1) is 0 Å². The third-order valence-corrected chi connectivity index (χ3v) is 3.87. The molecule has 0 amide bonds. The van der Waals surface area contributed by atoms with E-state index in [4.69, 9.17) is 4.74 Å². The second-order valence-corrected chi connectivity index (χ2v) is 5.49. The van der Waals surface area contributed by atoms with Gasteiger partial charge in [-0.2, -0.15) is 0 Å². The van der Waals surface area contributed by atoms with Gasteiger partial charge in [0.1, 0.15) is 6.54 Å². The quantitative estimate of drug-likeness (QED) is 0.355. The van der Waals surface area contributed by atoms with Crippen LogP contribution in [0.3, 0.4) is 0 Å². The van der Waals surface area contributed by atoms with Crippen LogP contribution in [0.1, 0.15) is 66.2 Å². The smallest absolute Gasteiger partial charge is 0.102 e. The molecule has 0 heterocycles. The van der Waals surface area contributed by atoms with Crippen LogP contribution in [0.15, 0.2) is 0 Å². The molecule has 0 atom stereocenters. The monoisotopic (exact) mass is 258 g/mol. The first-order chi connectivity index (χ1) is 8.74. The first-order valence-corrected chi connectivity index (χ1v) is 8.17. The van der Waals surface area contributed by atoms with Crippen molar-refractivity contribution in [1.29, 1.82) is 0 Å². The van der Waals surface area contributed by atoms with Crippen molar-refractivity contribution in [3.63, 3.8) is 0 Å². The number of quaternary nitrogens is 1. The Balaban J connectivity index is 4.41. The van der Waals surface area contributed by atoms with Crippen molar-refractivity contribution in [2.45, 2.75) is 66.2 Å². The van der Waals surface area contributed by atoms with Crippen LogP contribution in [0.4, 0.5) is 0 Å². The molecule has 2 nitrogen and oxygen atoms in total. The third kappa shape index (κ3) is 8.10. The SMILES string of the molecule is CCCC[N+](CCCC)(CCCC)CCOCC. The summed E-state index contributed by atoms with van der Waals surface area (Å²) in [5, 5.41) is 0. The molecule has 0 aromatic heterocycles. The summed E-state index contributed by atoms with van der Waals surface area (Å²) in [6, 6.07) is 0. The average molecular weight is 258 g/mol. The number of rotatable bonds is 13.